The van der Waals surface area contributed by atoms with Gasteiger partial charge in [0.1, 0.15) is 18.7 Å². The highest BCUT2D eigenvalue weighted by Gasteiger charge is 2.06. The van der Waals surface area contributed by atoms with Crippen LogP contribution in [0.5, 0.6) is 5.75 Å². The number of nitrogens with one attached hydrogen (secondary N) is 1. The second kappa shape index (κ2) is 7.79. The Morgan fingerprint density at radius 2 is 1.91 bits per heavy atom. The summed E-state index contributed by atoms with van der Waals surface area (Å²) >= 11 is 12.1. The normalized spacial score (nSPS) is 10.7. The Morgan fingerprint density at radius 1 is 1.18 bits per heavy atom. The predicted octanol–water partition coefficient (Wildman–Crippen LogP) is 3.69. The number of hydrazone groups is 1. The third-order valence-electron chi connectivity index (χ3n) is 2.76. The average Bonchev–Trinajstić information content (AvgIpc) is 2.54. The van der Waals surface area contributed by atoms with E-state index in [1.165, 1.54) is 6.21 Å². The minimum atomic E-state index is 0.376. The maximum absolute atomic E-state index is 6.94. The van der Waals surface area contributed by atoms with Gasteiger partial charge in [0.2, 0.25) is 0 Å². The van der Waals surface area contributed by atoms with Crippen LogP contribution >= 0.6 is 23.2 Å². The van der Waals surface area contributed by atoms with Crippen LogP contribution in [0.3, 0.4) is 0 Å². The maximum Gasteiger partial charge on any atom is 0.139 e. The molecule has 0 saturated carbocycles. The van der Waals surface area contributed by atoms with Crippen LogP contribution in [0.25, 0.3) is 0 Å². The van der Waals surface area contributed by atoms with Gasteiger partial charge in [0.05, 0.1) is 11.2 Å². The topological polar surface area (TPSA) is 74.7 Å². The van der Waals surface area contributed by atoms with E-state index >= 15 is 0 Å². The molecule has 3 N–H and O–H groups in total. The zero-order chi connectivity index (χ0) is 15.9. The van der Waals surface area contributed by atoms with Crippen molar-refractivity contribution in [1.29, 1.82) is 5.41 Å². The number of ether oxygens (including phenoxy) is 1. The van der Waals surface area contributed by atoms with Crippen LogP contribution in [0, 0.1) is 5.41 Å². The first-order valence-corrected chi connectivity index (χ1v) is 7.10. The van der Waals surface area contributed by atoms with E-state index in [0.29, 0.717) is 28.0 Å². The molecular weight excluding hydrogens is 323 g/mol. The standard InChI is InChI=1S/C15H14Cl2N4O/c16-13-6-4-11(5-7-13)9-22-14-3-1-2-12(15(14)17)8-20-21(19)10-18/h1-8,10,18H,9,19H2/b18-10?,20-8+. The summed E-state index contributed by atoms with van der Waals surface area (Å²) in [6.45, 7) is 0.376. The van der Waals surface area contributed by atoms with Crippen LogP contribution < -0.4 is 10.6 Å². The van der Waals surface area contributed by atoms with Gasteiger partial charge >= 0.3 is 0 Å². The molecule has 0 unspecified atom stereocenters. The number of hydrazine groups is 1. The lowest BCUT2D eigenvalue weighted by Gasteiger charge is -2.10. The average molecular weight is 337 g/mol. The Bertz CT molecular complexity index is 674. The third kappa shape index (κ3) is 4.46. The summed E-state index contributed by atoms with van der Waals surface area (Å²) in [7, 11) is 0. The molecule has 0 amide bonds. The number of rotatable bonds is 6. The van der Waals surface area contributed by atoms with Crippen LogP contribution in [-0.4, -0.2) is 17.7 Å². The van der Waals surface area contributed by atoms with E-state index in [1.54, 1.807) is 30.3 Å². The molecule has 0 atom stereocenters. The molecule has 2 aromatic carbocycles. The molecule has 5 nitrogen and oxygen atoms in total. The van der Waals surface area contributed by atoms with Crippen molar-refractivity contribution < 1.29 is 4.74 Å². The van der Waals surface area contributed by atoms with Crippen molar-refractivity contribution in [2.45, 2.75) is 6.61 Å². The van der Waals surface area contributed by atoms with E-state index in [9.17, 15) is 0 Å². The van der Waals surface area contributed by atoms with E-state index in [1.807, 2.05) is 12.1 Å². The molecule has 7 heteroatoms. The summed E-state index contributed by atoms with van der Waals surface area (Å²) in [6.07, 6.45) is 2.34. The van der Waals surface area contributed by atoms with Crippen molar-refractivity contribution in [3.8, 4) is 5.75 Å². The molecule has 0 spiro atoms. The van der Waals surface area contributed by atoms with Crippen LogP contribution in [0.2, 0.25) is 10.0 Å². The van der Waals surface area contributed by atoms with Gasteiger partial charge in [-0.15, -0.1) is 0 Å². The fraction of sp³-hybridized carbons (Fsp3) is 0.0667. The molecule has 0 heterocycles. The molecule has 0 saturated heterocycles. The Kier molecular flexibility index (Phi) is 5.77. The number of hydrogen-bond donors (Lipinski definition) is 2. The van der Waals surface area contributed by atoms with Crippen LogP contribution in [0.4, 0.5) is 0 Å². The number of nitrogens with zero attached hydrogens (tertiary/aromatic N) is 2. The molecule has 22 heavy (non-hydrogen) atoms. The fourth-order valence-electron chi connectivity index (χ4n) is 1.64. The first-order chi connectivity index (χ1) is 10.6. The van der Waals surface area contributed by atoms with Crippen LogP contribution in [-0.2, 0) is 6.61 Å². The van der Waals surface area contributed by atoms with Crippen molar-refractivity contribution in [1.82, 2.24) is 5.12 Å². The van der Waals surface area contributed by atoms with Gasteiger partial charge in [0, 0.05) is 10.6 Å². The smallest absolute Gasteiger partial charge is 0.139 e. The van der Waals surface area contributed by atoms with Crippen molar-refractivity contribution in [3.63, 3.8) is 0 Å². The molecule has 0 aliphatic rings. The van der Waals surface area contributed by atoms with Crippen LogP contribution in [0.15, 0.2) is 47.6 Å². The van der Waals surface area contributed by atoms with E-state index in [2.05, 4.69) is 5.10 Å². The number of halogens is 2. The molecule has 0 aliphatic heterocycles. The SMILES string of the molecule is N=CN(N)/N=C/c1cccc(OCc2ccc(Cl)cc2)c1Cl. The van der Waals surface area contributed by atoms with E-state index < -0.39 is 0 Å². The van der Waals surface area contributed by atoms with Gasteiger partial charge in [-0.1, -0.05) is 47.5 Å². The Morgan fingerprint density at radius 3 is 2.59 bits per heavy atom. The number of hydrogen-bond acceptors (Lipinski definition) is 4. The molecule has 0 aliphatic carbocycles. The zero-order valence-electron chi connectivity index (χ0n) is 11.5. The minimum absolute atomic E-state index is 0.376. The Labute approximate surface area is 138 Å². The molecular formula is C15H14Cl2N4O. The van der Waals surface area contributed by atoms with Crippen molar-refractivity contribution >= 4 is 35.8 Å². The van der Waals surface area contributed by atoms with Gasteiger partial charge in [0.25, 0.3) is 0 Å². The van der Waals surface area contributed by atoms with Gasteiger partial charge in [-0.2, -0.15) is 10.2 Å². The minimum Gasteiger partial charge on any atom is -0.487 e. The lowest BCUT2D eigenvalue weighted by Crippen LogP contribution is -2.22. The molecule has 2 aromatic rings. The highest BCUT2D eigenvalue weighted by Crippen LogP contribution is 2.28. The van der Waals surface area contributed by atoms with Gasteiger partial charge in [-0.3, -0.25) is 5.41 Å². The van der Waals surface area contributed by atoms with Crippen molar-refractivity contribution in [3.05, 3.63) is 63.6 Å². The quantitative estimate of drug-likeness (QED) is 0.365. The highest BCUT2D eigenvalue weighted by molar-refractivity contribution is 6.34. The fourth-order valence-corrected chi connectivity index (χ4v) is 2.00. The zero-order valence-corrected chi connectivity index (χ0v) is 13.1. The van der Waals surface area contributed by atoms with E-state index in [0.717, 1.165) is 17.0 Å². The Hall–Kier alpha value is -2.08. The number of benzene rings is 2. The van der Waals surface area contributed by atoms with Crippen molar-refractivity contribution in [2.75, 3.05) is 0 Å². The second-order valence-electron chi connectivity index (χ2n) is 4.33. The maximum atomic E-state index is 6.94. The summed E-state index contributed by atoms with van der Waals surface area (Å²) in [5.41, 5.74) is 1.63. The van der Waals surface area contributed by atoms with Crippen molar-refractivity contribution in [2.24, 2.45) is 10.9 Å². The van der Waals surface area contributed by atoms with Gasteiger partial charge in [-0.25, -0.2) is 5.84 Å². The molecule has 114 valence electrons. The van der Waals surface area contributed by atoms with Crippen LogP contribution in [0.1, 0.15) is 11.1 Å². The van der Waals surface area contributed by atoms with Gasteiger partial charge in [-0.05, 0) is 23.8 Å². The lowest BCUT2D eigenvalue weighted by atomic mass is 10.2. The number of nitrogens with two attached hydrogens (primary N) is 1. The lowest BCUT2D eigenvalue weighted by molar-refractivity contribution is 0.306. The monoisotopic (exact) mass is 336 g/mol. The van der Waals surface area contributed by atoms with Gasteiger partial charge < -0.3 is 4.74 Å². The molecule has 0 aromatic heterocycles. The highest BCUT2D eigenvalue weighted by atomic mass is 35.5. The summed E-state index contributed by atoms with van der Waals surface area (Å²) in [6, 6.07) is 12.7. The predicted molar refractivity (Wildman–Crippen MR) is 89.6 cm³/mol. The third-order valence-corrected chi connectivity index (χ3v) is 3.42. The van der Waals surface area contributed by atoms with E-state index in [4.69, 9.17) is 39.2 Å². The summed E-state index contributed by atoms with van der Waals surface area (Å²) in [4.78, 5) is 0. The summed E-state index contributed by atoms with van der Waals surface area (Å²) < 4.78 is 5.71. The summed E-state index contributed by atoms with van der Waals surface area (Å²) in [5.74, 6) is 5.90. The largest absolute Gasteiger partial charge is 0.487 e. The molecule has 0 fully saturated rings. The second-order valence-corrected chi connectivity index (χ2v) is 5.14. The first kappa shape index (κ1) is 16.3. The molecule has 0 radical (unpaired) electrons. The molecule has 0 bridgehead atoms. The summed E-state index contributed by atoms with van der Waals surface area (Å²) in [5, 5.41) is 12.8. The molecule has 2 rings (SSSR count). The van der Waals surface area contributed by atoms with Gasteiger partial charge in [0.15, 0.2) is 0 Å². The Balaban J connectivity index is 2.09. The first-order valence-electron chi connectivity index (χ1n) is 6.34. The van der Waals surface area contributed by atoms with E-state index in [-0.39, 0.29) is 0 Å².